The van der Waals surface area contributed by atoms with Crippen molar-refractivity contribution in [2.24, 2.45) is 5.92 Å². The first-order chi connectivity index (χ1) is 19.1. The molecular formula is C32H32N4O3. The van der Waals surface area contributed by atoms with Gasteiger partial charge < -0.3 is 10.3 Å². The molecule has 1 aliphatic carbocycles. The van der Waals surface area contributed by atoms with E-state index in [2.05, 4.69) is 63.6 Å². The molecule has 0 bridgehead atoms. The van der Waals surface area contributed by atoms with Crippen LogP contribution in [-0.4, -0.2) is 46.5 Å². The van der Waals surface area contributed by atoms with E-state index in [1.165, 1.54) is 10.9 Å². The van der Waals surface area contributed by atoms with E-state index in [0.717, 1.165) is 48.3 Å². The highest BCUT2D eigenvalue weighted by molar-refractivity contribution is 5.84. The molecule has 4 N–H and O–H groups in total. The maximum atomic E-state index is 12.5. The van der Waals surface area contributed by atoms with Gasteiger partial charge in [0.05, 0.1) is 12.3 Å². The van der Waals surface area contributed by atoms with Crippen LogP contribution in [0, 0.1) is 17.8 Å². The number of rotatable bonds is 12. The molecule has 198 valence electrons. The summed E-state index contributed by atoms with van der Waals surface area (Å²) in [6.07, 6.45) is 3.34. The van der Waals surface area contributed by atoms with Gasteiger partial charge in [0.2, 0.25) is 5.91 Å². The van der Waals surface area contributed by atoms with E-state index in [-0.39, 0.29) is 11.8 Å². The number of H-pyrrole nitrogens is 1. The first-order valence-electron chi connectivity index (χ1n) is 13.2. The molecule has 5 rings (SSSR count). The number of hydroxylamine groups is 1. The molecule has 4 aromatic rings. The van der Waals surface area contributed by atoms with Crippen LogP contribution in [0.15, 0.2) is 85.1 Å². The fourth-order valence-electron chi connectivity index (χ4n) is 4.98. The Morgan fingerprint density at radius 1 is 0.897 bits per heavy atom. The first kappa shape index (κ1) is 26.2. The van der Waals surface area contributed by atoms with Gasteiger partial charge in [0.15, 0.2) is 0 Å². The molecule has 0 aliphatic heterocycles. The highest BCUT2D eigenvalue weighted by Gasteiger charge is 2.32. The Morgan fingerprint density at radius 2 is 1.67 bits per heavy atom. The van der Waals surface area contributed by atoms with Crippen molar-refractivity contribution in [3.05, 3.63) is 107 Å². The largest absolute Gasteiger partial charge is 0.361 e. The average molecular weight is 521 g/mol. The van der Waals surface area contributed by atoms with Gasteiger partial charge >= 0.3 is 0 Å². The standard InChI is InChI=1S/C32H32N4O3/c37-31(20-23-6-2-1-3-7-23)33-17-19-36(18-16-26-21-34-30-9-5-4-8-28(26)30)22-24-10-12-25(13-11-24)27-14-15-29(27)32(38)35-39/h1-13,21,27,29,34,39H,16-20,22H2,(H,33,37)(H,35,38). The number of aromatic nitrogens is 1. The number of nitrogens with one attached hydrogen (secondary N) is 3. The minimum absolute atomic E-state index is 0.0187. The molecule has 2 atom stereocenters. The molecule has 1 aromatic heterocycles. The van der Waals surface area contributed by atoms with E-state index in [1.54, 1.807) is 5.48 Å². The van der Waals surface area contributed by atoms with Gasteiger partial charge in [0.25, 0.3) is 5.91 Å². The summed E-state index contributed by atoms with van der Waals surface area (Å²) >= 11 is 0. The van der Waals surface area contributed by atoms with E-state index in [4.69, 9.17) is 5.21 Å². The minimum Gasteiger partial charge on any atom is -0.361 e. The topological polar surface area (TPSA) is 97.5 Å². The third kappa shape index (κ3) is 6.55. The summed E-state index contributed by atoms with van der Waals surface area (Å²) in [7, 11) is 0. The third-order valence-electron chi connectivity index (χ3n) is 7.20. The highest BCUT2D eigenvalue weighted by atomic mass is 16.5. The van der Waals surface area contributed by atoms with Gasteiger partial charge in [-0.2, -0.15) is 0 Å². The fraction of sp³-hybridized carbons (Fsp3) is 0.250. The number of hydrogen-bond acceptors (Lipinski definition) is 4. The first-order valence-corrected chi connectivity index (χ1v) is 13.2. The van der Waals surface area contributed by atoms with Crippen LogP contribution in [0.25, 0.3) is 10.9 Å². The Morgan fingerprint density at radius 3 is 2.41 bits per heavy atom. The number of carbonyl (C=O) groups is 2. The molecular weight excluding hydrogens is 488 g/mol. The van der Waals surface area contributed by atoms with Crippen LogP contribution in [0.1, 0.15) is 28.2 Å². The molecule has 39 heavy (non-hydrogen) atoms. The summed E-state index contributed by atoms with van der Waals surface area (Å²) in [6.45, 7) is 2.85. The maximum Gasteiger partial charge on any atom is 0.260 e. The minimum atomic E-state index is -0.520. The van der Waals surface area contributed by atoms with Gasteiger partial charge in [0.1, 0.15) is 5.92 Å². The number of amides is 2. The predicted molar refractivity (Wildman–Crippen MR) is 151 cm³/mol. The molecule has 0 saturated heterocycles. The summed E-state index contributed by atoms with van der Waals surface area (Å²) in [5.41, 5.74) is 7.22. The molecule has 1 aliphatic rings. The van der Waals surface area contributed by atoms with E-state index in [9.17, 15) is 9.59 Å². The number of fused-ring (bicyclic) bond motifs is 1. The van der Waals surface area contributed by atoms with Crippen LogP contribution in [0.2, 0.25) is 0 Å². The van der Waals surface area contributed by atoms with Gasteiger partial charge in [0, 0.05) is 43.3 Å². The number of hydrogen-bond donors (Lipinski definition) is 4. The fourth-order valence-corrected chi connectivity index (χ4v) is 4.98. The number of aromatic amines is 1. The molecule has 7 heteroatoms. The summed E-state index contributed by atoms with van der Waals surface area (Å²) in [6, 6.07) is 26.2. The second kappa shape index (κ2) is 12.4. The van der Waals surface area contributed by atoms with Gasteiger partial charge in [-0.3, -0.25) is 19.7 Å². The average Bonchev–Trinajstić information content (AvgIpc) is 3.35. The van der Waals surface area contributed by atoms with Crippen molar-refractivity contribution in [1.29, 1.82) is 0 Å². The van der Waals surface area contributed by atoms with E-state index in [1.807, 2.05) is 48.5 Å². The van der Waals surface area contributed by atoms with Crippen molar-refractivity contribution in [3.8, 4) is 11.8 Å². The van der Waals surface area contributed by atoms with Crippen LogP contribution in [0.5, 0.6) is 0 Å². The predicted octanol–water partition coefficient (Wildman–Crippen LogP) is 3.79. The van der Waals surface area contributed by atoms with Crippen molar-refractivity contribution >= 4 is 22.7 Å². The van der Waals surface area contributed by atoms with E-state index < -0.39 is 11.8 Å². The van der Waals surface area contributed by atoms with E-state index >= 15 is 0 Å². The molecule has 2 unspecified atom stereocenters. The molecule has 0 fully saturated rings. The van der Waals surface area contributed by atoms with Gasteiger partial charge in [-0.1, -0.05) is 84.6 Å². The Bertz CT molecular complexity index is 1480. The van der Waals surface area contributed by atoms with Crippen LogP contribution < -0.4 is 10.8 Å². The second-order valence-corrected chi connectivity index (χ2v) is 9.86. The lowest BCUT2D eigenvalue weighted by atomic mass is 9.79. The monoisotopic (exact) mass is 520 g/mol. The number of nitrogens with zero attached hydrogens (tertiary/aromatic N) is 1. The second-order valence-electron chi connectivity index (χ2n) is 9.86. The van der Waals surface area contributed by atoms with Gasteiger partial charge in [-0.05, 0) is 34.7 Å². The molecule has 1 heterocycles. The summed E-state index contributed by atoms with van der Waals surface area (Å²) in [5.74, 6) is 4.65. The van der Waals surface area contributed by atoms with Crippen LogP contribution in [0.4, 0.5) is 0 Å². The number of benzene rings is 3. The zero-order valence-electron chi connectivity index (χ0n) is 21.7. The zero-order valence-corrected chi connectivity index (χ0v) is 21.7. The zero-order chi connectivity index (χ0) is 27.0. The normalized spacial score (nSPS) is 15.8. The Labute approximate surface area is 228 Å². The van der Waals surface area contributed by atoms with Crippen molar-refractivity contribution in [2.75, 3.05) is 19.6 Å². The molecule has 0 saturated carbocycles. The van der Waals surface area contributed by atoms with Gasteiger partial charge in [-0.25, -0.2) is 5.48 Å². The van der Waals surface area contributed by atoms with Crippen molar-refractivity contribution in [3.63, 3.8) is 0 Å². The Hall–Kier alpha value is -4.38. The molecule has 0 spiro atoms. The van der Waals surface area contributed by atoms with Crippen LogP contribution in [0.3, 0.4) is 0 Å². The SMILES string of the molecule is O=C(Cc1ccccc1)NCCN(CCc1c[nH]c2ccccc12)Cc1ccc(C2C#CC2C(=O)NO)cc1. The lowest BCUT2D eigenvalue weighted by Gasteiger charge is -2.25. The highest BCUT2D eigenvalue weighted by Crippen LogP contribution is 2.30. The number of para-hydroxylation sites is 1. The summed E-state index contributed by atoms with van der Waals surface area (Å²) in [5, 5.41) is 13.2. The molecule has 7 nitrogen and oxygen atoms in total. The van der Waals surface area contributed by atoms with Gasteiger partial charge in [-0.15, -0.1) is 0 Å². The smallest absolute Gasteiger partial charge is 0.260 e. The lowest BCUT2D eigenvalue weighted by molar-refractivity contribution is -0.132. The summed E-state index contributed by atoms with van der Waals surface area (Å²) in [4.78, 5) is 30.0. The van der Waals surface area contributed by atoms with Crippen molar-refractivity contribution in [2.45, 2.75) is 25.3 Å². The molecule has 3 aromatic carbocycles. The maximum absolute atomic E-state index is 12.5. The lowest BCUT2D eigenvalue weighted by Crippen LogP contribution is -2.36. The van der Waals surface area contributed by atoms with Crippen molar-refractivity contribution < 1.29 is 14.8 Å². The quantitative estimate of drug-likeness (QED) is 0.130. The molecule has 2 amide bonds. The number of carbonyl (C=O) groups excluding carboxylic acids is 2. The Kier molecular flexibility index (Phi) is 8.37. The summed E-state index contributed by atoms with van der Waals surface area (Å²) < 4.78 is 0. The van der Waals surface area contributed by atoms with Crippen molar-refractivity contribution in [1.82, 2.24) is 20.7 Å². The Balaban J connectivity index is 1.21. The van der Waals surface area contributed by atoms with Crippen LogP contribution in [-0.2, 0) is 29.0 Å². The van der Waals surface area contributed by atoms with Crippen LogP contribution >= 0.6 is 0 Å². The third-order valence-corrected chi connectivity index (χ3v) is 7.20. The molecule has 0 radical (unpaired) electrons. The van der Waals surface area contributed by atoms with E-state index in [0.29, 0.717) is 13.0 Å².